The highest BCUT2D eigenvalue weighted by Crippen LogP contribution is 2.38. The molecule has 0 heterocycles. The second kappa shape index (κ2) is 7.62. The van der Waals surface area contributed by atoms with Gasteiger partial charge in [-0.05, 0) is 61.6 Å². The summed E-state index contributed by atoms with van der Waals surface area (Å²) in [5.74, 6) is -0.409. The predicted molar refractivity (Wildman–Crippen MR) is 106 cm³/mol. The van der Waals surface area contributed by atoms with Crippen molar-refractivity contribution in [3.05, 3.63) is 65.5 Å². The first-order chi connectivity index (χ1) is 13.5. The maximum atomic E-state index is 13.3. The lowest BCUT2D eigenvalue weighted by molar-refractivity contribution is 0.0951. The molecule has 0 spiro atoms. The first-order valence-electron chi connectivity index (χ1n) is 9.80. The summed E-state index contributed by atoms with van der Waals surface area (Å²) in [5, 5.41) is 8.87. The van der Waals surface area contributed by atoms with Crippen LogP contribution in [-0.2, 0) is 5.54 Å². The molecule has 28 heavy (non-hydrogen) atoms. The van der Waals surface area contributed by atoms with Crippen LogP contribution in [0.25, 0.3) is 0 Å². The van der Waals surface area contributed by atoms with Gasteiger partial charge in [-0.15, -0.1) is 0 Å². The van der Waals surface area contributed by atoms with Gasteiger partial charge in [0.15, 0.2) is 0 Å². The fourth-order valence-corrected chi connectivity index (χ4v) is 3.85. The Hall–Kier alpha value is -2.89. The van der Waals surface area contributed by atoms with E-state index in [4.69, 9.17) is 0 Å². The highest BCUT2D eigenvalue weighted by molar-refractivity contribution is 5.97. The van der Waals surface area contributed by atoms with E-state index in [1.807, 2.05) is 0 Å². The van der Waals surface area contributed by atoms with E-state index in [2.05, 4.69) is 16.0 Å². The van der Waals surface area contributed by atoms with E-state index in [9.17, 15) is 14.0 Å². The Kier molecular flexibility index (Phi) is 5.03. The normalized spacial score (nSPS) is 17.8. The van der Waals surface area contributed by atoms with Crippen LogP contribution in [0.4, 0.5) is 14.9 Å². The van der Waals surface area contributed by atoms with E-state index >= 15 is 0 Å². The van der Waals surface area contributed by atoms with Gasteiger partial charge in [-0.1, -0.05) is 31.0 Å². The minimum absolute atomic E-state index is 0.120. The summed E-state index contributed by atoms with van der Waals surface area (Å²) in [7, 11) is 0. The number of carbonyl (C=O) groups excluding carboxylic acids is 2. The van der Waals surface area contributed by atoms with Gasteiger partial charge in [0, 0.05) is 17.3 Å². The molecule has 3 amide bonds. The zero-order chi connectivity index (χ0) is 19.6. The first-order valence-corrected chi connectivity index (χ1v) is 9.80. The van der Waals surface area contributed by atoms with E-state index in [-0.39, 0.29) is 23.8 Å². The molecule has 2 aliphatic rings. The molecule has 2 aliphatic carbocycles. The summed E-state index contributed by atoms with van der Waals surface area (Å²) in [6, 6.07) is 13.2. The maximum Gasteiger partial charge on any atom is 0.319 e. The number of urea groups is 1. The second-order valence-electron chi connectivity index (χ2n) is 7.70. The van der Waals surface area contributed by atoms with Crippen LogP contribution in [-0.4, -0.2) is 18.0 Å². The highest BCUT2D eigenvalue weighted by Gasteiger charge is 2.37. The van der Waals surface area contributed by atoms with E-state index in [1.54, 1.807) is 36.4 Å². The lowest BCUT2D eigenvalue weighted by Crippen LogP contribution is -2.45. The molecule has 4 rings (SSSR count). The topological polar surface area (TPSA) is 70.2 Å². The molecular weight excluding hydrogens is 357 g/mol. The number of rotatable bonds is 5. The van der Waals surface area contributed by atoms with Gasteiger partial charge in [-0.3, -0.25) is 4.79 Å². The number of hydrogen-bond acceptors (Lipinski definition) is 2. The fourth-order valence-electron chi connectivity index (χ4n) is 3.85. The predicted octanol–water partition coefficient (Wildman–Crippen LogP) is 4.31. The van der Waals surface area contributed by atoms with Gasteiger partial charge in [0.05, 0.1) is 5.54 Å². The van der Waals surface area contributed by atoms with Crippen LogP contribution in [0.3, 0.4) is 0 Å². The van der Waals surface area contributed by atoms with Gasteiger partial charge < -0.3 is 16.0 Å². The van der Waals surface area contributed by atoms with Crippen molar-refractivity contribution >= 4 is 17.6 Å². The molecule has 0 aromatic heterocycles. The molecule has 2 saturated carbocycles. The minimum Gasteiger partial charge on any atom is -0.349 e. The summed E-state index contributed by atoms with van der Waals surface area (Å²) in [5.41, 5.74) is 1.52. The number of nitrogens with one attached hydrogen (secondary N) is 3. The zero-order valence-corrected chi connectivity index (χ0v) is 15.6. The largest absolute Gasteiger partial charge is 0.349 e. The smallest absolute Gasteiger partial charge is 0.319 e. The highest BCUT2D eigenvalue weighted by atomic mass is 19.1. The molecule has 6 heteroatoms. The Morgan fingerprint density at radius 1 is 1.00 bits per heavy atom. The van der Waals surface area contributed by atoms with Crippen molar-refractivity contribution in [2.75, 3.05) is 5.32 Å². The second-order valence-corrected chi connectivity index (χ2v) is 7.70. The molecule has 2 aromatic rings. The third-order valence-electron chi connectivity index (χ3n) is 5.50. The van der Waals surface area contributed by atoms with Crippen LogP contribution >= 0.6 is 0 Å². The summed E-state index contributed by atoms with van der Waals surface area (Å²) >= 11 is 0. The maximum absolute atomic E-state index is 13.3. The molecule has 0 unspecified atom stereocenters. The molecule has 5 nitrogen and oxygen atoms in total. The van der Waals surface area contributed by atoms with Gasteiger partial charge in [0.2, 0.25) is 0 Å². The minimum atomic E-state index is -0.487. The summed E-state index contributed by atoms with van der Waals surface area (Å²) in [4.78, 5) is 24.9. The van der Waals surface area contributed by atoms with Crippen molar-refractivity contribution in [3.8, 4) is 0 Å². The van der Waals surface area contributed by atoms with Crippen molar-refractivity contribution in [1.82, 2.24) is 10.6 Å². The van der Waals surface area contributed by atoms with Crippen molar-refractivity contribution in [2.45, 2.75) is 50.1 Å². The lowest BCUT2D eigenvalue weighted by Gasteiger charge is -2.31. The number of carbonyl (C=O) groups is 2. The van der Waals surface area contributed by atoms with Gasteiger partial charge in [-0.2, -0.15) is 0 Å². The van der Waals surface area contributed by atoms with Crippen molar-refractivity contribution < 1.29 is 14.0 Å². The van der Waals surface area contributed by atoms with Gasteiger partial charge in [-0.25, -0.2) is 9.18 Å². The van der Waals surface area contributed by atoms with Crippen LogP contribution < -0.4 is 16.0 Å². The Morgan fingerprint density at radius 2 is 1.71 bits per heavy atom. The van der Waals surface area contributed by atoms with Crippen LogP contribution in [0.1, 0.15) is 54.4 Å². The number of amides is 3. The van der Waals surface area contributed by atoms with Gasteiger partial charge in [0.1, 0.15) is 5.82 Å². The van der Waals surface area contributed by atoms with E-state index in [0.29, 0.717) is 11.3 Å². The van der Waals surface area contributed by atoms with Crippen molar-refractivity contribution in [2.24, 2.45) is 0 Å². The molecule has 0 bridgehead atoms. The molecule has 146 valence electrons. The summed E-state index contributed by atoms with van der Waals surface area (Å²) in [6.45, 7) is 0. The Balaban J connectivity index is 1.45. The zero-order valence-electron chi connectivity index (χ0n) is 15.6. The molecule has 3 N–H and O–H groups in total. The van der Waals surface area contributed by atoms with Crippen LogP contribution in [0.5, 0.6) is 0 Å². The Labute approximate surface area is 163 Å². The third kappa shape index (κ3) is 4.16. The lowest BCUT2D eigenvalue weighted by atomic mass is 9.88. The Morgan fingerprint density at radius 3 is 2.39 bits per heavy atom. The third-order valence-corrected chi connectivity index (χ3v) is 5.50. The SMILES string of the molecule is O=C(Nc1cccc(C(=O)NC2CC2)c1)NC1(c2ccc(F)cc2)CCCC1. The fraction of sp³-hybridized carbons (Fsp3) is 0.364. The van der Waals surface area contributed by atoms with Crippen molar-refractivity contribution in [3.63, 3.8) is 0 Å². The summed E-state index contributed by atoms with van der Waals surface area (Å²) in [6.07, 6.45) is 5.70. The quantitative estimate of drug-likeness (QED) is 0.722. The monoisotopic (exact) mass is 381 g/mol. The van der Waals surface area contributed by atoms with Crippen LogP contribution in [0.15, 0.2) is 48.5 Å². The van der Waals surface area contributed by atoms with Gasteiger partial charge >= 0.3 is 6.03 Å². The average Bonchev–Trinajstić information content (AvgIpc) is 3.37. The van der Waals surface area contributed by atoms with E-state index in [1.165, 1.54) is 12.1 Å². The van der Waals surface area contributed by atoms with Crippen molar-refractivity contribution in [1.29, 1.82) is 0 Å². The van der Waals surface area contributed by atoms with Gasteiger partial charge in [0.25, 0.3) is 5.91 Å². The standard InChI is InChI=1S/C22H24FN3O2/c23-17-8-6-16(7-9-17)22(12-1-2-13-22)26-21(28)25-19-5-3-4-15(14-19)20(27)24-18-10-11-18/h3-9,14,18H,1-2,10-13H2,(H,24,27)(H2,25,26,28). The molecule has 0 radical (unpaired) electrons. The number of anilines is 1. The molecule has 0 saturated heterocycles. The van der Waals surface area contributed by atoms with Crippen LogP contribution in [0, 0.1) is 5.82 Å². The van der Waals surface area contributed by atoms with E-state index < -0.39 is 5.54 Å². The molecule has 2 aromatic carbocycles. The molecular formula is C22H24FN3O2. The first kappa shape index (κ1) is 18.5. The average molecular weight is 381 g/mol. The molecule has 0 atom stereocenters. The summed E-state index contributed by atoms with van der Waals surface area (Å²) < 4.78 is 13.3. The Bertz CT molecular complexity index is 872. The number of benzene rings is 2. The molecule has 0 aliphatic heterocycles. The molecule has 2 fully saturated rings. The van der Waals surface area contributed by atoms with E-state index in [0.717, 1.165) is 44.1 Å². The number of hydrogen-bond donors (Lipinski definition) is 3. The number of halogens is 1. The van der Waals surface area contributed by atoms with Crippen LogP contribution in [0.2, 0.25) is 0 Å².